The van der Waals surface area contributed by atoms with Gasteiger partial charge in [-0.2, -0.15) is 13.2 Å². The maximum Gasteiger partial charge on any atom is 0.417 e. The van der Waals surface area contributed by atoms with Crippen LogP contribution in [-0.2, 0) is 11.0 Å². The first-order valence-electron chi connectivity index (χ1n) is 4.37. The minimum atomic E-state index is -4.50. The first-order valence-corrected chi connectivity index (χ1v) is 4.75. The molecule has 0 atom stereocenters. The molecule has 0 fully saturated rings. The first kappa shape index (κ1) is 12.8. The minimum Gasteiger partial charge on any atom is -0.309 e. The van der Waals surface area contributed by atoms with Crippen LogP contribution in [0.1, 0.15) is 18.9 Å². The van der Waals surface area contributed by atoms with E-state index in [0.29, 0.717) is 6.20 Å². The summed E-state index contributed by atoms with van der Waals surface area (Å²) in [4.78, 5) is 14.4. The predicted molar refractivity (Wildman–Crippen MR) is 53.2 cm³/mol. The molecule has 0 saturated carbocycles. The fourth-order valence-corrected chi connectivity index (χ4v) is 1.12. The van der Waals surface area contributed by atoms with Crippen LogP contribution >= 0.6 is 11.6 Å². The van der Waals surface area contributed by atoms with Gasteiger partial charge in [0, 0.05) is 12.6 Å². The Morgan fingerprint density at radius 2 is 2.19 bits per heavy atom. The number of nitrogens with zero attached hydrogens (tertiary/aromatic N) is 1. The number of hydrogen-bond acceptors (Lipinski definition) is 2. The number of nitrogens with one attached hydrogen (secondary N) is 1. The van der Waals surface area contributed by atoms with Crippen molar-refractivity contribution < 1.29 is 18.0 Å². The van der Waals surface area contributed by atoms with Crippen molar-refractivity contribution in [2.45, 2.75) is 19.5 Å². The summed E-state index contributed by atoms with van der Waals surface area (Å²) in [6.45, 7) is 1.60. The summed E-state index contributed by atoms with van der Waals surface area (Å²) >= 11 is 5.56. The Hall–Kier alpha value is -1.30. The van der Waals surface area contributed by atoms with Gasteiger partial charge in [0.05, 0.1) is 10.6 Å². The molecule has 0 unspecified atom stereocenters. The fourth-order valence-electron chi connectivity index (χ4n) is 0.905. The monoisotopic (exact) mass is 252 g/mol. The summed E-state index contributed by atoms with van der Waals surface area (Å²) < 4.78 is 36.7. The molecule has 3 nitrogen and oxygen atoms in total. The lowest BCUT2D eigenvalue weighted by Gasteiger charge is -2.09. The lowest BCUT2D eigenvalue weighted by atomic mass is 10.3. The van der Waals surface area contributed by atoms with E-state index in [4.69, 9.17) is 11.6 Å². The third-order valence-electron chi connectivity index (χ3n) is 1.75. The second-order valence-electron chi connectivity index (χ2n) is 2.95. The molecule has 16 heavy (non-hydrogen) atoms. The average molecular weight is 253 g/mol. The summed E-state index contributed by atoms with van der Waals surface area (Å²) in [5, 5.41) is 2.05. The van der Waals surface area contributed by atoms with Crippen molar-refractivity contribution in [2.24, 2.45) is 0 Å². The molecule has 88 valence electrons. The number of anilines is 1. The molecule has 0 aromatic carbocycles. The normalized spacial score (nSPS) is 11.3. The van der Waals surface area contributed by atoms with E-state index in [1.54, 1.807) is 6.92 Å². The van der Waals surface area contributed by atoms with Gasteiger partial charge in [0.15, 0.2) is 5.82 Å². The average Bonchev–Trinajstić information content (AvgIpc) is 2.19. The molecular formula is C9H8ClF3N2O. The van der Waals surface area contributed by atoms with E-state index in [-0.39, 0.29) is 23.2 Å². The van der Waals surface area contributed by atoms with Crippen molar-refractivity contribution in [1.29, 1.82) is 0 Å². The van der Waals surface area contributed by atoms with Gasteiger partial charge in [-0.25, -0.2) is 4.98 Å². The van der Waals surface area contributed by atoms with Gasteiger partial charge in [0.25, 0.3) is 0 Å². The number of amides is 1. The molecule has 0 aliphatic rings. The Labute approximate surface area is 94.6 Å². The van der Waals surface area contributed by atoms with Gasteiger partial charge in [0.2, 0.25) is 5.91 Å². The number of carbonyl (C=O) groups is 1. The summed E-state index contributed by atoms with van der Waals surface area (Å²) in [5.74, 6) is -0.435. The first-order chi connectivity index (χ1) is 7.34. The molecular weight excluding hydrogens is 245 g/mol. The Balaban J connectivity index is 2.96. The molecule has 1 amide bonds. The topological polar surface area (TPSA) is 42.0 Å². The molecule has 1 aromatic rings. The molecule has 0 bridgehead atoms. The smallest absolute Gasteiger partial charge is 0.309 e. The Bertz CT molecular complexity index is 406. The Morgan fingerprint density at radius 1 is 1.56 bits per heavy atom. The molecule has 0 radical (unpaired) electrons. The molecule has 0 saturated heterocycles. The Morgan fingerprint density at radius 3 is 2.62 bits per heavy atom. The van der Waals surface area contributed by atoms with E-state index < -0.39 is 11.7 Å². The van der Waals surface area contributed by atoms with Crippen LogP contribution in [0.25, 0.3) is 0 Å². The second-order valence-corrected chi connectivity index (χ2v) is 3.36. The number of aromatic nitrogens is 1. The van der Waals surface area contributed by atoms with E-state index in [9.17, 15) is 18.0 Å². The van der Waals surface area contributed by atoms with Crippen molar-refractivity contribution in [1.82, 2.24) is 4.98 Å². The van der Waals surface area contributed by atoms with Crippen LogP contribution in [0.5, 0.6) is 0 Å². The SMILES string of the molecule is CCC(=O)Nc1ncc(C(F)(F)F)cc1Cl. The molecule has 1 aromatic heterocycles. The number of alkyl halides is 3. The minimum absolute atomic E-state index is 0.0680. The molecule has 0 aliphatic heterocycles. The Kier molecular flexibility index (Phi) is 3.74. The zero-order valence-electron chi connectivity index (χ0n) is 8.23. The van der Waals surface area contributed by atoms with Crippen LogP contribution < -0.4 is 5.32 Å². The van der Waals surface area contributed by atoms with Crippen LogP contribution in [0.2, 0.25) is 5.02 Å². The van der Waals surface area contributed by atoms with Gasteiger partial charge < -0.3 is 5.32 Å². The van der Waals surface area contributed by atoms with Crippen molar-refractivity contribution >= 4 is 23.3 Å². The lowest BCUT2D eigenvalue weighted by Crippen LogP contribution is -2.12. The standard InChI is InChI=1S/C9H8ClF3N2O/c1-2-7(16)15-8-6(10)3-5(4-14-8)9(11,12)13/h3-4H,2H2,1H3,(H,14,15,16). The van der Waals surface area contributed by atoms with Gasteiger partial charge in [-0.05, 0) is 6.07 Å². The van der Waals surface area contributed by atoms with Gasteiger partial charge >= 0.3 is 6.18 Å². The van der Waals surface area contributed by atoms with Crippen LogP contribution in [0.4, 0.5) is 19.0 Å². The van der Waals surface area contributed by atoms with Crippen LogP contribution in [-0.4, -0.2) is 10.9 Å². The highest BCUT2D eigenvalue weighted by Crippen LogP contribution is 2.32. The molecule has 1 N–H and O–H groups in total. The summed E-state index contributed by atoms with van der Waals surface area (Å²) in [6.07, 6.45) is -3.68. The number of carbonyl (C=O) groups excluding carboxylic acids is 1. The molecule has 1 heterocycles. The van der Waals surface area contributed by atoms with Crippen molar-refractivity contribution in [3.63, 3.8) is 0 Å². The van der Waals surface area contributed by atoms with Crippen molar-refractivity contribution in [2.75, 3.05) is 5.32 Å². The maximum atomic E-state index is 12.2. The number of pyridine rings is 1. The van der Waals surface area contributed by atoms with Crippen molar-refractivity contribution in [3.8, 4) is 0 Å². The van der Waals surface area contributed by atoms with Crippen molar-refractivity contribution in [3.05, 3.63) is 22.8 Å². The van der Waals surface area contributed by atoms with E-state index in [0.717, 1.165) is 6.07 Å². The third kappa shape index (κ3) is 3.10. The van der Waals surface area contributed by atoms with E-state index in [2.05, 4.69) is 10.3 Å². The summed E-state index contributed by atoms with van der Waals surface area (Å²) in [7, 11) is 0. The van der Waals surface area contributed by atoms with E-state index in [1.807, 2.05) is 0 Å². The van der Waals surface area contributed by atoms with E-state index >= 15 is 0 Å². The predicted octanol–water partition coefficient (Wildman–Crippen LogP) is 3.10. The number of halogens is 4. The van der Waals surface area contributed by atoms with E-state index in [1.165, 1.54) is 0 Å². The summed E-state index contributed by atoms with van der Waals surface area (Å²) in [5.41, 5.74) is -0.952. The zero-order chi connectivity index (χ0) is 12.3. The highest BCUT2D eigenvalue weighted by molar-refractivity contribution is 6.33. The quantitative estimate of drug-likeness (QED) is 0.879. The zero-order valence-corrected chi connectivity index (χ0v) is 8.99. The van der Waals surface area contributed by atoms with Gasteiger partial charge in [-0.1, -0.05) is 18.5 Å². The molecule has 0 spiro atoms. The van der Waals surface area contributed by atoms with Crippen LogP contribution in [0.15, 0.2) is 12.3 Å². The molecule has 1 rings (SSSR count). The highest BCUT2D eigenvalue weighted by Gasteiger charge is 2.31. The van der Waals surface area contributed by atoms with Crippen LogP contribution in [0.3, 0.4) is 0 Å². The second kappa shape index (κ2) is 4.69. The third-order valence-corrected chi connectivity index (χ3v) is 2.04. The fraction of sp³-hybridized carbons (Fsp3) is 0.333. The lowest BCUT2D eigenvalue weighted by molar-refractivity contribution is -0.137. The highest BCUT2D eigenvalue weighted by atomic mass is 35.5. The number of rotatable bonds is 2. The van der Waals surface area contributed by atoms with Gasteiger partial charge in [-0.3, -0.25) is 4.79 Å². The largest absolute Gasteiger partial charge is 0.417 e. The van der Waals surface area contributed by atoms with Gasteiger partial charge in [-0.15, -0.1) is 0 Å². The van der Waals surface area contributed by atoms with Gasteiger partial charge in [0.1, 0.15) is 0 Å². The molecule has 0 aliphatic carbocycles. The maximum absolute atomic E-state index is 12.2. The summed E-state index contributed by atoms with van der Waals surface area (Å²) in [6, 6.07) is 0.722. The number of hydrogen-bond donors (Lipinski definition) is 1. The molecule has 7 heteroatoms. The van der Waals surface area contributed by atoms with Crippen LogP contribution in [0, 0.1) is 0 Å².